The molecule has 0 saturated carbocycles. The van der Waals surface area contributed by atoms with E-state index in [1.807, 2.05) is 0 Å². The normalized spacial score (nSPS) is 20.2. The van der Waals surface area contributed by atoms with E-state index in [1.165, 1.54) is 17.8 Å². The first-order valence-corrected chi connectivity index (χ1v) is 6.36. The summed E-state index contributed by atoms with van der Waals surface area (Å²) in [5.41, 5.74) is 2.40. The molecule has 0 aromatic carbocycles. The summed E-state index contributed by atoms with van der Waals surface area (Å²) in [6.07, 6.45) is 4.61. The monoisotopic (exact) mass is 218 g/mol. The molecule has 0 amide bonds. The van der Waals surface area contributed by atoms with Gasteiger partial charge in [-0.2, -0.15) is 11.3 Å². The van der Waals surface area contributed by atoms with E-state index in [9.17, 15) is 0 Å². The average Bonchev–Trinajstić information content (AvgIpc) is 2.84. The van der Waals surface area contributed by atoms with Crippen LogP contribution in [0.2, 0.25) is 0 Å². The van der Waals surface area contributed by atoms with Crippen molar-refractivity contribution in [3.05, 3.63) is 28.8 Å². The molecular formula is C12H14N2S. The molecule has 0 N–H and O–H groups in total. The number of thiophene rings is 1. The second-order valence-electron chi connectivity index (χ2n) is 4.35. The molecule has 78 valence electrons. The summed E-state index contributed by atoms with van der Waals surface area (Å²) < 4.78 is 2.32. The molecule has 0 spiro atoms. The Morgan fingerprint density at radius 1 is 1.53 bits per heavy atom. The van der Waals surface area contributed by atoms with Crippen LogP contribution in [0.1, 0.15) is 19.2 Å². The standard InChI is InChI=1S/C12H14N2S/c1-9-2-3-12-13-11(7-14(12)6-9)10-4-5-15-8-10/h4-5,7-9H,2-3,6H2,1H3/t9-/m0/s1. The highest BCUT2D eigenvalue weighted by atomic mass is 32.1. The zero-order chi connectivity index (χ0) is 10.3. The van der Waals surface area contributed by atoms with Gasteiger partial charge in [0.1, 0.15) is 5.82 Å². The number of hydrogen-bond acceptors (Lipinski definition) is 2. The van der Waals surface area contributed by atoms with Crippen molar-refractivity contribution in [3.8, 4) is 11.3 Å². The zero-order valence-corrected chi connectivity index (χ0v) is 9.63. The van der Waals surface area contributed by atoms with Crippen molar-refractivity contribution in [1.82, 2.24) is 9.55 Å². The Morgan fingerprint density at radius 2 is 2.47 bits per heavy atom. The molecule has 2 aromatic rings. The fraction of sp³-hybridized carbons (Fsp3) is 0.417. The van der Waals surface area contributed by atoms with Crippen molar-refractivity contribution in [2.75, 3.05) is 0 Å². The van der Waals surface area contributed by atoms with Gasteiger partial charge in [-0.05, 0) is 23.8 Å². The van der Waals surface area contributed by atoms with Crippen molar-refractivity contribution in [2.24, 2.45) is 5.92 Å². The van der Waals surface area contributed by atoms with Crippen LogP contribution in [0.25, 0.3) is 11.3 Å². The second kappa shape index (κ2) is 3.49. The summed E-state index contributed by atoms with van der Waals surface area (Å²) in [5.74, 6) is 2.05. The molecule has 2 aromatic heterocycles. The van der Waals surface area contributed by atoms with Crippen molar-refractivity contribution >= 4 is 11.3 Å². The molecule has 2 nitrogen and oxygen atoms in total. The number of hydrogen-bond donors (Lipinski definition) is 0. The third kappa shape index (κ3) is 1.61. The quantitative estimate of drug-likeness (QED) is 0.718. The minimum atomic E-state index is 0.794. The van der Waals surface area contributed by atoms with E-state index in [4.69, 9.17) is 4.98 Å². The number of aromatic nitrogens is 2. The molecule has 1 aliphatic heterocycles. The molecule has 0 aliphatic carbocycles. The highest BCUT2D eigenvalue weighted by Gasteiger charge is 2.17. The number of fused-ring (bicyclic) bond motifs is 1. The lowest BCUT2D eigenvalue weighted by Gasteiger charge is -2.19. The van der Waals surface area contributed by atoms with Gasteiger partial charge in [-0.1, -0.05) is 6.92 Å². The second-order valence-corrected chi connectivity index (χ2v) is 5.13. The van der Waals surface area contributed by atoms with E-state index in [2.05, 4.69) is 34.5 Å². The molecule has 3 rings (SSSR count). The maximum atomic E-state index is 4.70. The van der Waals surface area contributed by atoms with Crippen molar-refractivity contribution in [3.63, 3.8) is 0 Å². The van der Waals surface area contributed by atoms with E-state index < -0.39 is 0 Å². The fourth-order valence-corrected chi connectivity index (χ4v) is 2.81. The molecule has 0 saturated heterocycles. The summed E-state index contributed by atoms with van der Waals surface area (Å²) in [4.78, 5) is 4.70. The highest BCUT2D eigenvalue weighted by Crippen LogP contribution is 2.25. The molecule has 0 fully saturated rings. The average molecular weight is 218 g/mol. The molecule has 0 radical (unpaired) electrons. The van der Waals surface area contributed by atoms with Gasteiger partial charge in [0.15, 0.2) is 0 Å². The van der Waals surface area contributed by atoms with Crippen molar-refractivity contribution in [2.45, 2.75) is 26.3 Å². The van der Waals surface area contributed by atoms with Crippen molar-refractivity contribution in [1.29, 1.82) is 0 Å². The zero-order valence-electron chi connectivity index (χ0n) is 8.81. The summed E-state index contributed by atoms with van der Waals surface area (Å²) in [5, 5.41) is 4.27. The molecular weight excluding hydrogens is 204 g/mol. The molecule has 3 heterocycles. The minimum absolute atomic E-state index is 0.794. The molecule has 15 heavy (non-hydrogen) atoms. The Labute approximate surface area is 93.6 Å². The first-order valence-electron chi connectivity index (χ1n) is 5.41. The lowest BCUT2D eigenvalue weighted by Crippen LogP contribution is -2.17. The fourth-order valence-electron chi connectivity index (χ4n) is 2.16. The minimum Gasteiger partial charge on any atom is -0.334 e. The van der Waals surface area contributed by atoms with Gasteiger partial charge in [-0.15, -0.1) is 0 Å². The van der Waals surface area contributed by atoms with Crippen LogP contribution >= 0.6 is 11.3 Å². The Morgan fingerprint density at radius 3 is 3.27 bits per heavy atom. The van der Waals surface area contributed by atoms with E-state index in [1.54, 1.807) is 11.3 Å². The van der Waals surface area contributed by atoms with Crippen LogP contribution in [0, 0.1) is 5.92 Å². The first kappa shape index (κ1) is 9.16. The SMILES string of the molecule is C[C@H]1CCc2nc(-c3ccsc3)cn2C1. The van der Waals surface area contributed by atoms with Crippen molar-refractivity contribution < 1.29 is 0 Å². The van der Waals surface area contributed by atoms with Crippen LogP contribution < -0.4 is 0 Å². The van der Waals surface area contributed by atoms with Crippen LogP contribution in [0.3, 0.4) is 0 Å². The molecule has 1 aliphatic rings. The lowest BCUT2D eigenvalue weighted by molar-refractivity contribution is 0.394. The Hall–Kier alpha value is -1.09. The summed E-state index contributed by atoms with van der Waals surface area (Å²) in [6, 6.07) is 2.14. The van der Waals surface area contributed by atoms with Gasteiger partial charge in [0.2, 0.25) is 0 Å². The van der Waals surface area contributed by atoms with Gasteiger partial charge in [0.25, 0.3) is 0 Å². The van der Waals surface area contributed by atoms with Crippen LogP contribution in [0.4, 0.5) is 0 Å². The Kier molecular flexibility index (Phi) is 2.13. The summed E-state index contributed by atoms with van der Waals surface area (Å²) in [6.45, 7) is 3.44. The molecule has 3 heteroatoms. The molecule has 1 atom stereocenters. The third-order valence-corrected chi connectivity index (χ3v) is 3.73. The van der Waals surface area contributed by atoms with E-state index in [0.717, 1.165) is 24.6 Å². The van der Waals surface area contributed by atoms with Gasteiger partial charge in [0, 0.05) is 30.1 Å². The predicted octanol–water partition coefficient (Wildman–Crippen LogP) is 3.19. The Bertz CT molecular complexity index is 456. The van der Waals surface area contributed by atoms with Crippen LogP contribution in [0.15, 0.2) is 23.0 Å². The van der Waals surface area contributed by atoms with Gasteiger partial charge in [-0.3, -0.25) is 0 Å². The molecule has 0 bridgehead atoms. The Balaban J connectivity index is 2.00. The largest absolute Gasteiger partial charge is 0.334 e. The summed E-state index contributed by atoms with van der Waals surface area (Å²) in [7, 11) is 0. The lowest BCUT2D eigenvalue weighted by atomic mass is 10.0. The van der Waals surface area contributed by atoms with Gasteiger partial charge in [0.05, 0.1) is 5.69 Å². The van der Waals surface area contributed by atoms with Crippen LogP contribution in [0.5, 0.6) is 0 Å². The van der Waals surface area contributed by atoms with E-state index >= 15 is 0 Å². The topological polar surface area (TPSA) is 17.8 Å². The summed E-state index contributed by atoms with van der Waals surface area (Å²) >= 11 is 1.73. The number of aryl methyl sites for hydroxylation is 1. The van der Waals surface area contributed by atoms with E-state index in [-0.39, 0.29) is 0 Å². The number of imidazole rings is 1. The molecule has 0 unspecified atom stereocenters. The van der Waals surface area contributed by atoms with Gasteiger partial charge >= 0.3 is 0 Å². The maximum absolute atomic E-state index is 4.70. The first-order chi connectivity index (χ1) is 7.33. The van der Waals surface area contributed by atoms with Gasteiger partial charge in [-0.25, -0.2) is 4.98 Å². The number of nitrogens with zero attached hydrogens (tertiary/aromatic N) is 2. The predicted molar refractivity (Wildman–Crippen MR) is 63.0 cm³/mol. The maximum Gasteiger partial charge on any atom is 0.109 e. The van der Waals surface area contributed by atoms with Gasteiger partial charge < -0.3 is 4.57 Å². The van der Waals surface area contributed by atoms with Crippen LogP contribution in [-0.2, 0) is 13.0 Å². The number of rotatable bonds is 1. The van der Waals surface area contributed by atoms with Crippen LogP contribution in [-0.4, -0.2) is 9.55 Å². The highest BCUT2D eigenvalue weighted by molar-refractivity contribution is 7.08. The smallest absolute Gasteiger partial charge is 0.109 e. The van der Waals surface area contributed by atoms with E-state index in [0.29, 0.717) is 0 Å². The third-order valence-electron chi connectivity index (χ3n) is 3.05.